The van der Waals surface area contributed by atoms with Gasteiger partial charge in [0.15, 0.2) is 0 Å². The van der Waals surface area contributed by atoms with Gasteiger partial charge >= 0.3 is 0 Å². The highest BCUT2D eigenvalue weighted by molar-refractivity contribution is 7.15. The molecule has 0 aliphatic carbocycles. The van der Waals surface area contributed by atoms with Crippen molar-refractivity contribution in [1.82, 2.24) is 19.7 Å². The van der Waals surface area contributed by atoms with Crippen molar-refractivity contribution in [1.29, 1.82) is 0 Å². The minimum Gasteiger partial charge on any atom is -0.397 e. The molecule has 0 fully saturated rings. The maximum absolute atomic E-state index is 12.8. The fraction of sp³-hybridized carbons (Fsp3) is 0.350. The van der Waals surface area contributed by atoms with E-state index in [9.17, 15) is 4.79 Å². The number of nitrogen functional groups attached to an aromatic ring is 1. The van der Waals surface area contributed by atoms with Crippen molar-refractivity contribution in [2.45, 2.75) is 33.0 Å². The van der Waals surface area contributed by atoms with E-state index < -0.39 is 0 Å². The number of thiophene rings is 1. The van der Waals surface area contributed by atoms with Crippen LogP contribution >= 0.6 is 11.3 Å². The summed E-state index contributed by atoms with van der Waals surface area (Å²) in [6, 6.07) is 7.85. The van der Waals surface area contributed by atoms with Crippen molar-refractivity contribution in [2.24, 2.45) is 0 Å². The Balaban J connectivity index is 1.44. The SMILES string of the molecule is COCCn1cc2c(n1)CN(C(=O)Cc1nc(-c3ccc(C)s3)ccc1N)C2. The second kappa shape index (κ2) is 7.73. The van der Waals surface area contributed by atoms with Crippen LogP contribution in [0.15, 0.2) is 30.5 Å². The summed E-state index contributed by atoms with van der Waals surface area (Å²) in [6.45, 7) is 4.50. The second-order valence-electron chi connectivity index (χ2n) is 6.93. The predicted octanol–water partition coefficient (Wildman–Crippen LogP) is 2.63. The molecule has 0 spiro atoms. The first-order valence-corrected chi connectivity index (χ1v) is 9.99. The number of aromatic nitrogens is 3. The largest absolute Gasteiger partial charge is 0.397 e. The summed E-state index contributed by atoms with van der Waals surface area (Å²) in [7, 11) is 1.67. The predicted molar refractivity (Wildman–Crippen MR) is 109 cm³/mol. The van der Waals surface area contributed by atoms with Crippen LogP contribution in [0.3, 0.4) is 0 Å². The van der Waals surface area contributed by atoms with Gasteiger partial charge < -0.3 is 15.4 Å². The van der Waals surface area contributed by atoms with Gasteiger partial charge in [0.1, 0.15) is 0 Å². The van der Waals surface area contributed by atoms with Gasteiger partial charge in [0.25, 0.3) is 0 Å². The zero-order chi connectivity index (χ0) is 19.7. The Morgan fingerprint density at radius 1 is 1.29 bits per heavy atom. The average molecular weight is 398 g/mol. The molecule has 0 radical (unpaired) electrons. The highest BCUT2D eigenvalue weighted by atomic mass is 32.1. The highest BCUT2D eigenvalue weighted by Crippen LogP contribution is 2.28. The zero-order valence-electron chi connectivity index (χ0n) is 16.0. The fourth-order valence-electron chi connectivity index (χ4n) is 3.30. The maximum atomic E-state index is 12.8. The molecule has 28 heavy (non-hydrogen) atoms. The smallest absolute Gasteiger partial charge is 0.229 e. The third kappa shape index (κ3) is 3.79. The molecule has 0 atom stereocenters. The normalized spacial score (nSPS) is 13.1. The highest BCUT2D eigenvalue weighted by Gasteiger charge is 2.27. The van der Waals surface area contributed by atoms with E-state index in [1.807, 2.05) is 29.1 Å². The van der Waals surface area contributed by atoms with Crippen molar-refractivity contribution in [2.75, 3.05) is 19.5 Å². The van der Waals surface area contributed by atoms with Gasteiger partial charge in [-0.1, -0.05) is 0 Å². The molecule has 1 aliphatic rings. The van der Waals surface area contributed by atoms with E-state index in [0.717, 1.165) is 21.8 Å². The molecular formula is C20H23N5O2S. The number of amides is 1. The van der Waals surface area contributed by atoms with E-state index in [1.165, 1.54) is 4.88 Å². The number of carbonyl (C=O) groups is 1. The van der Waals surface area contributed by atoms with Gasteiger partial charge in [-0.25, -0.2) is 4.98 Å². The number of nitrogens with zero attached hydrogens (tertiary/aromatic N) is 4. The Bertz CT molecular complexity index is 986. The number of rotatable bonds is 6. The third-order valence-electron chi connectivity index (χ3n) is 4.82. The number of hydrogen-bond acceptors (Lipinski definition) is 6. The van der Waals surface area contributed by atoms with Crippen LogP contribution in [0.4, 0.5) is 5.69 Å². The number of carbonyl (C=O) groups excluding carboxylic acids is 1. The minimum atomic E-state index is 0.0140. The Labute approximate surface area is 167 Å². The molecular weight excluding hydrogens is 374 g/mol. The van der Waals surface area contributed by atoms with Gasteiger partial charge in [-0.15, -0.1) is 11.3 Å². The number of methoxy groups -OCH3 is 1. The number of hydrogen-bond donors (Lipinski definition) is 1. The van der Waals surface area contributed by atoms with E-state index in [4.69, 9.17) is 10.5 Å². The van der Waals surface area contributed by atoms with Gasteiger partial charge in [0, 0.05) is 30.3 Å². The number of pyridine rings is 1. The van der Waals surface area contributed by atoms with Crippen LogP contribution in [0.5, 0.6) is 0 Å². The van der Waals surface area contributed by atoms with E-state index in [1.54, 1.807) is 23.3 Å². The van der Waals surface area contributed by atoms with Crippen molar-refractivity contribution >= 4 is 22.9 Å². The summed E-state index contributed by atoms with van der Waals surface area (Å²) in [6.07, 6.45) is 2.19. The number of ether oxygens (including phenoxy) is 1. The molecule has 7 nitrogen and oxygen atoms in total. The quantitative estimate of drug-likeness (QED) is 0.691. The molecule has 4 rings (SSSR count). The van der Waals surface area contributed by atoms with Crippen LogP contribution in [0.1, 0.15) is 21.8 Å². The second-order valence-corrected chi connectivity index (χ2v) is 8.21. The topological polar surface area (TPSA) is 86.3 Å². The summed E-state index contributed by atoms with van der Waals surface area (Å²) < 4.78 is 6.96. The molecule has 0 saturated heterocycles. The Morgan fingerprint density at radius 2 is 2.14 bits per heavy atom. The molecule has 4 heterocycles. The van der Waals surface area contributed by atoms with Crippen LogP contribution in [0.25, 0.3) is 10.6 Å². The van der Waals surface area contributed by atoms with Crippen LogP contribution in [-0.4, -0.2) is 39.3 Å². The Hall–Kier alpha value is -2.71. The molecule has 2 N–H and O–H groups in total. The summed E-state index contributed by atoms with van der Waals surface area (Å²) in [4.78, 5) is 21.6. The lowest BCUT2D eigenvalue weighted by Crippen LogP contribution is -2.28. The van der Waals surface area contributed by atoms with Gasteiger partial charge in [0.05, 0.1) is 53.8 Å². The summed E-state index contributed by atoms with van der Waals surface area (Å²) in [5.41, 5.74) is 10.2. The van der Waals surface area contributed by atoms with Gasteiger partial charge in [-0.3, -0.25) is 9.48 Å². The summed E-state index contributed by atoms with van der Waals surface area (Å²) >= 11 is 1.68. The van der Waals surface area contributed by atoms with Crippen molar-refractivity contribution < 1.29 is 9.53 Å². The van der Waals surface area contributed by atoms with E-state index in [0.29, 0.717) is 37.6 Å². The summed E-state index contributed by atoms with van der Waals surface area (Å²) in [5, 5.41) is 4.55. The molecule has 0 unspecified atom stereocenters. The molecule has 0 bridgehead atoms. The van der Waals surface area contributed by atoms with E-state index >= 15 is 0 Å². The Kier molecular flexibility index (Phi) is 5.15. The molecule has 1 amide bonds. The molecule has 0 aromatic carbocycles. The molecule has 1 aliphatic heterocycles. The zero-order valence-corrected chi connectivity index (χ0v) is 16.8. The van der Waals surface area contributed by atoms with Crippen LogP contribution in [-0.2, 0) is 35.6 Å². The lowest BCUT2D eigenvalue weighted by atomic mass is 10.2. The first kappa shape index (κ1) is 18.6. The molecule has 146 valence electrons. The van der Waals surface area contributed by atoms with Crippen molar-refractivity contribution in [3.05, 3.63) is 52.3 Å². The molecule has 0 saturated carbocycles. The standard InChI is InChI=1S/C20H23N5O2S/c1-13-3-6-19(28-13)16-5-4-15(21)17(22-16)9-20(26)24-10-14-11-25(7-8-27-2)23-18(14)12-24/h3-6,11H,7-10,12,21H2,1-2H3. The van der Waals surface area contributed by atoms with Gasteiger partial charge in [-0.2, -0.15) is 5.10 Å². The average Bonchev–Trinajstić information content (AvgIpc) is 3.36. The third-order valence-corrected chi connectivity index (χ3v) is 5.85. The number of fused-ring (bicyclic) bond motifs is 1. The van der Waals surface area contributed by atoms with Crippen molar-refractivity contribution in [3.8, 4) is 10.6 Å². The lowest BCUT2D eigenvalue weighted by Gasteiger charge is -2.16. The Morgan fingerprint density at radius 3 is 2.86 bits per heavy atom. The molecule has 8 heteroatoms. The first-order chi connectivity index (χ1) is 13.5. The number of nitrogens with two attached hydrogens (primary N) is 1. The fourth-order valence-corrected chi connectivity index (χ4v) is 4.14. The first-order valence-electron chi connectivity index (χ1n) is 9.17. The number of aryl methyl sites for hydroxylation is 1. The minimum absolute atomic E-state index is 0.0140. The maximum Gasteiger partial charge on any atom is 0.229 e. The van der Waals surface area contributed by atoms with Crippen LogP contribution in [0.2, 0.25) is 0 Å². The number of anilines is 1. The van der Waals surface area contributed by atoms with Gasteiger partial charge in [-0.05, 0) is 31.2 Å². The van der Waals surface area contributed by atoms with Crippen LogP contribution in [0, 0.1) is 6.92 Å². The van der Waals surface area contributed by atoms with E-state index in [2.05, 4.69) is 23.1 Å². The van der Waals surface area contributed by atoms with Crippen molar-refractivity contribution in [3.63, 3.8) is 0 Å². The molecule has 3 aromatic rings. The lowest BCUT2D eigenvalue weighted by molar-refractivity contribution is -0.131. The summed E-state index contributed by atoms with van der Waals surface area (Å²) in [5.74, 6) is 0.0140. The monoisotopic (exact) mass is 397 g/mol. The van der Waals surface area contributed by atoms with E-state index in [-0.39, 0.29) is 12.3 Å². The van der Waals surface area contributed by atoms with Gasteiger partial charge in [0.2, 0.25) is 5.91 Å². The molecule has 3 aromatic heterocycles. The van der Waals surface area contributed by atoms with Crippen LogP contribution < -0.4 is 5.73 Å².